The van der Waals surface area contributed by atoms with Gasteiger partial charge in [0.05, 0.1) is 10.7 Å². The summed E-state index contributed by atoms with van der Waals surface area (Å²) in [5.41, 5.74) is 8.81. The number of nitrogens with zero attached hydrogens (tertiary/aromatic N) is 4. The maximum absolute atomic E-state index is 13.5. The van der Waals surface area contributed by atoms with Crippen molar-refractivity contribution in [3.63, 3.8) is 0 Å². The predicted octanol–water partition coefficient (Wildman–Crippen LogP) is 3.21. The van der Waals surface area contributed by atoms with Crippen LogP contribution in [-0.4, -0.2) is 31.6 Å². The third-order valence-corrected chi connectivity index (χ3v) is 6.50. The number of nitrogen functional groups attached to an aromatic ring is 1. The fraction of sp³-hybridized carbons (Fsp3) is 0.478. The second kappa shape index (κ2) is 10.2. The Morgan fingerprint density at radius 2 is 1.91 bits per heavy atom. The maximum atomic E-state index is 13.5. The molecule has 0 aliphatic rings. The summed E-state index contributed by atoms with van der Waals surface area (Å²) in [7, 11) is 0. The molecule has 0 saturated carbocycles. The Morgan fingerprint density at radius 1 is 1.18 bits per heavy atom. The molecule has 0 aliphatic carbocycles. The molecule has 0 spiro atoms. The second-order valence-electron chi connectivity index (χ2n) is 8.17. The molecular formula is C23H32N6O3S. The van der Waals surface area contributed by atoms with Crippen LogP contribution < -0.4 is 21.9 Å². The number of aromatic amines is 1. The quantitative estimate of drug-likeness (QED) is 0.496. The number of hydrogen-bond donors (Lipinski definition) is 2. The summed E-state index contributed by atoms with van der Waals surface area (Å²) >= 11 is 1.58. The third-order valence-electron chi connectivity index (χ3n) is 5.73. The first-order valence-electron chi connectivity index (χ1n) is 11.2. The van der Waals surface area contributed by atoms with Crippen molar-refractivity contribution in [2.75, 3.05) is 17.2 Å². The number of nitrogens with one attached hydrogen (secondary N) is 1. The van der Waals surface area contributed by atoms with Crippen molar-refractivity contribution in [2.45, 2.75) is 67.0 Å². The summed E-state index contributed by atoms with van der Waals surface area (Å²) in [4.78, 5) is 46.8. The van der Waals surface area contributed by atoms with Crippen LogP contribution in [0.1, 0.15) is 49.5 Å². The minimum Gasteiger partial charge on any atom is -0.383 e. The van der Waals surface area contributed by atoms with Gasteiger partial charge in [0.15, 0.2) is 5.69 Å². The van der Waals surface area contributed by atoms with Crippen LogP contribution in [0.15, 0.2) is 21.0 Å². The first-order chi connectivity index (χ1) is 15.7. The molecule has 3 N–H and O–H groups in total. The first kappa shape index (κ1) is 24.5. The number of H-pyrrole nitrogens is 1. The van der Waals surface area contributed by atoms with Crippen molar-refractivity contribution in [3.8, 4) is 11.3 Å². The van der Waals surface area contributed by atoms with Gasteiger partial charge >= 0.3 is 5.69 Å². The largest absolute Gasteiger partial charge is 0.383 e. The van der Waals surface area contributed by atoms with Gasteiger partial charge in [-0.15, -0.1) is 11.3 Å². The Morgan fingerprint density at radius 3 is 2.52 bits per heavy atom. The number of thiazole rings is 1. The fourth-order valence-electron chi connectivity index (χ4n) is 3.97. The van der Waals surface area contributed by atoms with E-state index in [1.807, 2.05) is 50.6 Å². The molecule has 3 aromatic heterocycles. The summed E-state index contributed by atoms with van der Waals surface area (Å²) in [6, 6.07) is 2.02. The van der Waals surface area contributed by atoms with Gasteiger partial charge in [-0.3, -0.25) is 19.1 Å². The lowest BCUT2D eigenvalue weighted by molar-refractivity contribution is -0.119. The van der Waals surface area contributed by atoms with Gasteiger partial charge in [-0.25, -0.2) is 9.78 Å². The van der Waals surface area contributed by atoms with Crippen LogP contribution in [-0.2, 0) is 17.9 Å². The zero-order valence-electron chi connectivity index (χ0n) is 19.9. The van der Waals surface area contributed by atoms with Gasteiger partial charge in [0.25, 0.3) is 5.56 Å². The van der Waals surface area contributed by atoms with E-state index in [1.54, 1.807) is 11.3 Å². The van der Waals surface area contributed by atoms with Crippen LogP contribution in [0.25, 0.3) is 11.3 Å². The minimum absolute atomic E-state index is 0.0228. The van der Waals surface area contributed by atoms with Crippen LogP contribution in [0, 0.1) is 20.8 Å². The summed E-state index contributed by atoms with van der Waals surface area (Å²) in [6.45, 7) is 10.5. The summed E-state index contributed by atoms with van der Waals surface area (Å²) in [5.74, 6) is -0.236. The average molecular weight is 473 g/mol. The molecule has 178 valence electrons. The molecule has 0 aromatic carbocycles. The van der Waals surface area contributed by atoms with Crippen LogP contribution in [0.4, 0.5) is 11.5 Å². The molecule has 1 amide bonds. The van der Waals surface area contributed by atoms with Gasteiger partial charge in [-0.05, 0) is 39.7 Å². The molecule has 0 fully saturated rings. The number of aromatic nitrogens is 4. The van der Waals surface area contributed by atoms with Gasteiger partial charge < -0.3 is 15.2 Å². The molecule has 3 aromatic rings. The highest BCUT2D eigenvalue weighted by Crippen LogP contribution is 2.28. The monoisotopic (exact) mass is 472 g/mol. The van der Waals surface area contributed by atoms with Crippen LogP contribution in [0.2, 0.25) is 0 Å². The van der Waals surface area contributed by atoms with Gasteiger partial charge in [0, 0.05) is 35.4 Å². The van der Waals surface area contributed by atoms with E-state index in [0.717, 1.165) is 34.1 Å². The highest BCUT2D eigenvalue weighted by atomic mass is 32.1. The van der Waals surface area contributed by atoms with E-state index < -0.39 is 11.2 Å². The molecule has 33 heavy (non-hydrogen) atoms. The Balaban J connectivity index is 2.02. The Kier molecular flexibility index (Phi) is 7.57. The predicted molar refractivity (Wildman–Crippen MR) is 133 cm³/mol. The van der Waals surface area contributed by atoms with Gasteiger partial charge in [0.1, 0.15) is 12.4 Å². The zero-order chi connectivity index (χ0) is 24.3. The second-order valence-corrected chi connectivity index (χ2v) is 9.23. The van der Waals surface area contributed by atoms with E-state index in [2.05, 4.69) is 9.97 Å². The number of aryl methyl sites for hydroxylation is 2. The minimum atomic E-state index is -0.645. The summed E-state index contributed by atoms with van der Waals surface area (Å²) in [5, 5.41) is 2.99. The van der Waals surface area contributed by atoms with E-state index >= 15 is 0 Å². The highest BCUT2D eigenvalue weighted by molar-refractivity contribution is 7.09. The molecule has 0 aliphatic heterocycles. The standard InChI is InChI=1S/C23H32N6O3S/c1-6-8-10-27(20-21(24)28(9-7-2)23(32)26-22(20)31)19(30)12-29-14(3)11-17(15(29)4)18-13-33-16(5)25-18/h11,13H,6-10,12,24H2,1-5H3,(H,26,31,32). The SMILES string of the molecule is CCCCN(C(=O)Cn1c(C)cc(-c2csc(C)n2)c1C)c1c(N)n(CCC)c(=O)[nH]c1=O. The molecule has 3 heterocycles. The van der Waals surface area contributed by atoms with Gasteiger partial charge in [0.2, 0.25) is 5.91 Å². The lowest BCUT2D eigenvalue weighted by Gasteiger charge is -2.25. The lowest BCUT2D eigenvalue weighted by Crippen LogP contribution is -2.43. The Labute approximate surface area is 196 Å². The number of carbonyl (C=O) groups is 1. The Bertz CT molecular complexity index is 1270. The molecule has 0 atom stereocenters. The molecule has 0 radical (unpaired) electrons. The topological polar surface area (TPSA) is 119 Å². The van der Waals surface area contributed by atoms with Crippen molar-refractivity contribution in [1.29, 1.82) is 0 Å². The Hall–Kier alpha value is -3.14. The van der Waals surface area contributed by atoms with Gasteiger partial charge in [-0.1, -0.05) is 20.3 Å². The van der Waals surface area contributed by atoms with E-state index in [4.69, 9.17) is 5.73 Å². The molecule has 3 rings (SSSR count). The number of amides is 1. The first-order valence-corrected chi connectivity index (χ1v) is 12.1. The fourth-order valence-corrected chi connectivity index (χ4v) is 4.59. The van der Waals surface area contributed by atoms with Crippen LogP contribution >= 0.6 is 11.3 Å². The molecule has 0 unspecified atom stereocenters. The van der Waals surface area contributed by atoms with Crippen molar-refractivity contribution in [3.05, 3.63) is 48.7 Å². The van der Waals surface area contributed by atoms with Crippen molar-refractivity contribution >= 4 is 28.7 Å². The van der Waals surface area contributed by atoms with Crippen LogP contribution in [0.3, 0.4) is 0 Å². The van der Waals surface area contributed by atoms with Crippen molar-refractivity contribution in [1.82, 2.24) is 19.1 Å². The van der Waals surface area contributed by atoms with Crippen molar-refractivity contribution < 1.29 is 4.79 Å². The maximum Gasteiger partial charge on any atom is 0.330 e. The molecule has 9 nitrogen and oxygen atoms in total. The summed E-state index contributed by atoms with van der Waals surface area (Å²) in [6.07, 6.45) is 2.20. The molecule has 0 bridgehead atoms. The van der Waals surface area contributed by atoms with Crippen LogP contribution in [0.5, 0.6) is 0 Å². The van der Waals surface area contributed by atoms with E-state index in [1.165, 1.54) is 9.47 Å². The normalized spacial score (nSPS) is 11.2. The average Bonchev–Trinajstić information content (AvgIpc) is 3.31. The third kappa shape index (κ3) is 4.95. The number of anilines is 2. The van der Waals surface area contributed by atoms with E-state index in [9.17, 15) is 14.4 Å². The molecular weight excluding hydrogens is 440 g/mol. The number of rotatable bonds is 9. The zero-order valence-corrected chi connectivity index (χ0v) is 20.7. The molecule has 10 heteroatoms. The van der Waals surface area contributed by atoms with Crippen molar-refractivity contribution in [2.24, 2.45) is 0 Å². The smallest absolute Gasteiger partial charge is 0.330 e. The summed E-state index contributed by atoms with van der Waals surface area (Å²) < 4.78 is 3.25. The number of nitrogens with two attached hydrogens (primary N) is 1. The van der Waals surface area contributed by atoms with E-state index in [0.29, 0.717) is 25.9 Å². The highest BCUT2D eigenvalue weighted by Gasteiger charge is 2.25. The number of hydrogen-bond acceptors (Lipinski definition) is 6. The lowest BCUT2D eigenvalue weighted by atomic mass is 10.2. The van der Waals surface area contributed by atoms with E-state index in [-0.39, 0.29) is 24.0 Å². The van der Waals surface area contributed by atoms with Gasteiger partial charge in [-0.2, -0.15) is 0 Å². The number of unbranched alkanes of at least 4 members (excludes halogenated alkanes) is 1. The molecule has 0 saturated heterocycles. The number of carbonyl (C=O) groups excluding carboxylic acids is 1.